The van der Waals surface area contributed by atoms with Gasteiger partial charge in [-0.05, 0) is 50.3 Å². The molecule has 1 aromatic rings. The molecule has 0 bridgehead atoms. The second kappa shape index (κ2) is 7.67. The van der Waals surface area contributed by atoms with Gasteiger partial charge in [-0.2, -0.15) is 0 Å². The summed E-state index contributed by atoms with van der Waals surface area (Å²) in [5, 5.41) is 3.32. The van der Waals surface area contributed by atoms with Gasteiger partial charge in [0.1, 0.15) is 11.6 Å². The lowest BCUT2D eigenvalue weighted by Gasteiger charge is -2.11. The zero-order chi connectivity index (χ0) is 12.7. The number of nitrogens with one attached hydrogen (secondary N) is 1. The highest BCUT2D eigenvalue weighted by atomic mass is 32.2. The van der Waals surface area contributed by atoms with Crippen LogP contribution in [0, 0.1) is 11.6 Å². The number of hydrogen-bond donors (Lipinski definition) is 1. The molecule has 0 heterocycles. The Morgan fingerprint density at radius 1 is 1.35 bits per heavy atom. The van der Waals surface area contributed by atoms with E-state index >= 15 is 0 Å². The van der Waals surface area contributed by atoms with Gasteiger partial charge >= 0.3 is 0 Å². The quantitative estimate of drug-likeness (QED) is 0.590. The van der Waals surface area contributed by atoms with Crippen molar-refractivity contribution in [2.45, 2.75) is 37.6 Å². The molecule has 0 radical (unpaired) electrons. The first-order valence-corrected chi connectivity index (χ1v) is 6.93. The lowest BCUT2D eigenvalue weighted by molar-refractivity contribution is 0.526. The second-order valence-electron chi connectivity index (χ2n) is 4.02. The van der Waals surface area contributed by atoms with Crippen LogP contribution in [0.5, 0.6) is 0 Å². The van der Waals surface area contributed by atoms with Crippen LogP contribution in [0.2, 0.25) is 0 Å². The van der Waals surface area contributed by atoms with Gasteiger partial charge in [-0.1, -0.05) is 6.92 Å². The molecule has 4 heteroatoms. The summed E-state index contributed by atoms with van der Waals surface area (Å²) < 4.78 is 26.2. The minimum atomic E-state index is -0.380. The average molecular weight is 259 g/mol. The minimum Gasteiger partial charge on any atom is -0.315 e. The van der Waals surface area contributed by atoms with Crippen LogP contribution < -0.4 is 5.32 Å². The highest BCUT2D eigenvalue weighted by Crippen LogP contribution is 2.23. The molecular formula is C13H19F2NS. The van der Waals surface area contributed by atoms with Gasteiger partial charge in [0.15, 0.2) is 0 Å². The molecule has 0 saturated carbocycles. The summed E-state index contributed by atoms with van der Waals surface area (Å²) in [7, 11) is 0. The lowest BCUT2D eigenvalue weighted by atomic mass is 10.2. The number of thioether (sulfide) groups is 1. The maximum absolute atomic E-state index is 13.3. The van der Waals surface area contributed by atoms with Crippen LogP contribution in [0.15, 0.2) is 23.1 Å². The first kappa shape index (κ1) is 14.5. The molecule has 0 amide bonds. The van der Waals surface area contributed by atoms with E-state index in [1.807, 2.05) is 0 Å². The van der Waals surface area contributed by atoms with Crippen molar-refractivity contribution in [3.8, 4) is 0 Å². The molecule has 0 aliphatic heterocycles. The minimum absolute atomic E-state index is 0.337. The van der Waals surface area contributed by atoms with E-state index in [1.165, 1.54) is 23.9 Å². The fourth-order valence-electron chi connectivity index (χ4n) is 1.61. The smallest absolute Gasteiger partial charge is 0.136 e. The molecule has 1 nitrogen and oxygen atoms in total. The number of rotatable bonds is 7. The Morgan fingerprint density at radius 3 is 2.82 bits per heavy atom. The van der Waals surface area contributed by atoms with E-state index in [2.05, 4.69) is 19.2 Å². The van der Waals surface area contributed by atoms with Gasteiger partial charge < -0.3 is 5.32 Å². The largest absolute Gasteiger partial charge is 0.315 e. The predicted octanol–water partition coefficient (Wildman–Crippen LogP) is 3.84. The van der Waals surface area contributed by atoms with Crippen LogP contribution in [-0.4, -0.2) is 18.3 Å². The molecule has 1 aromatic carbocycles. The maximum atomic E-state index is 13.3. The van der Waals surface area contributed by atoms with Crippen molar-refractivity contribution in [1.82, 2.24) is 5.32 Å². The van der Waals surface area contributed by atoms with Crippen molar-refractivity contribution in [1.29, 1.82) is 0 Å². The molecule has 0 saturated heterocycles. The summed E-state index contributed by atoms with van der Waals surface area (Å²) in [4.78, 5) is 0.404. The predicted molar refractivity (Wildman–Crippen MR) is 69.5 cm³/mol. The van der Waals surface area contributed by atoms with Gasteiger partial charge in [0.25, 0.3) is 0 Å². The van der Waals surface area contributed by atoms with E-state index < -0.39 is 0 Å². The van der Waals surface area contributed by atoms with Crippen molar-refractivity contribution in [2.24, 2.45) is 0 Å². The van der Waals surface area contributed by atoms with Crippen molar-refractivity contribution >= 4 is 11.8 Å². The lowest BCUT2D eigenvalue weighted by Crippen LogP contribution is -2.25. The average Bonchev–Trinajstić information content (AvgIpc) is 2.29. The molecule has 1 unspecified atom stereocenters. The monoisotopic (exact) mass is 259 g/mol. The Morgan fingerprint density at radius 2 is 2.12 bits per heavy atom. The summed E-state index contributed by atoms with van der Waals surface area (Å²) in [6.07, 6.45) is 2.05. The van der Waals surface area contributed by atoms with Gasteiger partial charge in [-0.25, -0.2) is 8.78 Å². The summed E-state index contributed by atoms with van der Waals surface area (Å²) in [6.45, 7) is 5.18. The van der Waals surface area contributed by atoms with Crippen molar-refractivity contribution in [2.75, 3.05) is 12.3 Å². The Balaban J connectivity index is 2.28. The van der Waals surface area contributed by atoms with Gasteiger partial charge in [0.05, 0.1) is 0 Å². The molecular weight excluding hydrogens is 240 g/mol. The van der Waals surface area contributed by atoms with Crippen LogP contribution in [0.1, 0.15) is 26.7 Å². The van der Waals surface area contributed by atoms with Gasteiger partial charge in [-0.15, -0.1) is 11.8 Å². The molecule has 0 spiro atoms. The van der Waals surface area contributed by atoms with Crippen LogP contribution in [0.4, 0.5) is 8.78 Å². The van der Waals surface area contributed by atoms with E-state index in [9.17, 15) is 8.78 Å². The fourth-order valence-corrected chi connectivity index (χ4v) is 2.54. The standard InChI is InChI=1S/C13H19F2NS/c1-3-16-10(2)5-4-8-17-13-9-11(14)6-7-12(13)15/h6-7,9-10,16H,3-5,8H2,1-2H3. The molecule has 0 aliphatic rings. The van der Waals surface area contributed by atoms with Gasteiger partial charge in [0.2, 0.25) is 0 Å². The molecule has 0 aromatic heterocycles. The van der Waals surface area contributed by atoms with Crippen LogP contribution >= 0.6 is 11.8 Å². The second-order valence-corrected chi connectivity index (χ2v) is 5.16. The Hall–Kier alpha value is -0.610. The SMILES string of the molecule is CCNC(C)CCCSc1cc(F)ccc1F. The van der Waals surface area contributed by atoms with Gasteiger partial charge in [0, 0.05) is 10.9 Å². The van der Waals surface area contributed by atoms with E-state index in [0.717, 1.165) is 31.2 Å². The Kier molecular flexibility index (Phi) is 6.52. The van der Waals surface area contributed by atoms with E-state index in [1.54, 1.807) is 0 Å². The van der Waals surface area contributed by atoms with E-state index in [0.29, 0.717) is 10.9 Å². The molecule has 0 aliphatic carbocycles. The third-order valence-electron chi connectivity index (χ3n) is 2.48. The summed E-state index contributed by atoms with van der Waals surface area (Å²) in [6, 6.07) is 4.07. The number of benzene rings is 1. The van der Waals surface area contributed by atoms with E-state index in [-0.39, 0.29) is 11.6 Å². The molecule has 1 N–H and O–H groups in total. The van der Waals surface area contributed by atoms with Crippen molar-refractivity contribution in [3.63, 3.8) is 0 Å². The summed E-state index contributed by atoms with van der Waals surface area (Å²) in [5.41, 5.74) is 0. The third-order valence-corrected chi connectivity index (χ3v) is 3.60. The zero-order valence-corrected chi connectivity index (χ0v) is 11.1. The normalized spacial score (nSPS) is 12.7. The van der Waals surface area contributed by atoms with Crippen molar-refractivity contribution in [3.05, 3.63) is 29.8 Å². The first-order valence-electron chi connectivity index (χ1n) is 5.94. The molecule has 1 rings (SSSR count). The number of halogens is 2. The van der Waals surface area contributed by atoms with E-state index in [4.69, 9.17) is 0 Å². The first-order chi connectivity index (χ1) is 8.13. The molecule has 1 atom stereocenters. The topological polar surface area (TPSA) is 12.0 Å². The highest BCUT2D eigenvalue weighted by molar-refractivity contribution is 7.99. The maximum Gasteiger partial charge on any atom is 0.136 e. The molecule has 96 valence electrons. The van der Waals surface area contributed by atoms with Crippen LogP contribution in [-0.2, 0) is 0 Å². The molecule has 17 heavy (non-hydrogen) atoms. The van der Waals surface area contributed by atoms with Crippen LogP contribution in [0.3, 0.4) is 0 Å². The molecule has 0 fully saturated rings. The fraction of sp³-hybridized carbons (Fsp3) is 0.538. The third kappa shape index (κ3) is 5.50. The van der Waals surface area contributed by atoms with Crippen molar-refractivity contribution < 1.29 is 8.78 Å². The zero-order valence-electron chi connectivity index (χ0n) is 10.3. The Labute approximate surface area is 106 Å². The highest BCUT2D eigenvalue weighted by Gasteiger charge is 2.05. The Bertz CT molecular complexity index is 344. The summed E-state index contributed by atoms with van der Waals surface area (Å²) >= 11 is 1.38. The van der Waals surface area contributed by atoms with Crippen LogP contribution in [0.25, 0.3) is 0 Å². The summed E-state index contributed by atoms with van der Waals surface area (Å²) in [5.74, 6) is 0.0990. The number of hydrogen-bond acceptors (Lipinski definition) is 2. The van der Waals surface area contributed by atoms with Gasteiger partial charge in [-0.3, -0.25) is 0 Å².